The fourth-order valence-electron chi connectivity index (χ4n) is 3.68. The number of carbonyl (C=O) groups excluding carboxylic acids is 1. The van der Waals surface area contributed by atoms with Gasteiger partial charge in [-0.05, 0) is 57.2 Å². The minimum atomic E-state index is -4.58. The highest BCUT2D eigenvalue weighted by atomic mass is 32.2. The Morgan fingerprint density at radius 1 is 1.00 bits per heavy atom. The summed E-state index contributed by atoms with van der Waals surface area (Å²) in [4.78, 5) is 17.2. The predicted octanol–water partition coefficient (Wildman–Crippen LogP) is 5.68. The van der Waals surface area contributed by atoms with Gasteiger partial charge in [-0.25, -0.2) is 31.4 Å². The summed E-state index contributed by atoms with van der Waals surface area (Å²) in [5.74, 6) is -0.819. The van der Waals surface area contributed by atoms with Crippen LogP contribution < -0.4 is 10.0 Å². The largest absolute Gasteiger partial charge is 0.416 e. The maximum atomic E-state index is 13.8. The number of benzene rings is 2. The molecule has 14 heteroatoms. The lowest BCUT2D eigenvalue weighted by Gasteiger charge is -2.20. The fourth-order valence-corrected chi connectivity index (χ4v) is 5.14. The molecule has 0 spiro atoms. The molecule has 0 radical (unpaired) electrons. The Hall–Kier alpha value is -3.91. The standard InChI is InChI=1S/C25H22F5N5O3S/c1-24(2,3)34-39(37,38)17-6-4-5-16(11-17)32-23(36)18-13-31-35-20(21(26)27)12-19(33-22(18)35)14-7-9-15(10-8-14)25(28,29)30/h4-13,21,34H,1-3H3,(H,32,36). The molecular weight excluding hydrogens is 545 g/mol. The summed E-state index contributed by atoms with van der Waals surface area (Å²) in [6.07, 6.45) is -6.61. The number of rotatable bonds is 6. The van der Waals surface area contributed by atoms with Gasteiger partial charge in [0.15, 0.2) is 5.65 Å². The first-order valence-corrected chi connectivity index (χ1v) is 12.8. The number of anilines is 1. The molecule has 0 unspecified atom stereocenters. The van der Waals surface area contributed by atoms with E-state index in [9.17, 15) is 35.2 Å². The van der Waals surface area contributed by atoms with Crippen LogP contribution in [-0.2, 0) is 16.2 Å². The van der Waals surface area contributed by atoms with Crippen molar-refractivity contribution in [3.8, 4) is 11.3 Å². The first-order valence-electron chi connectivity index (χ1n) is 11.3. The monoisotopic (exact) mass is 567 g/mol. The normalized spacial score (nSPS) is 12.7. The molecule has 2 aromatic carbocycles. The first-order chi connectivity index (χ1) is 18.0. The van der Waals surface area contributed by atoms with Gasteiger partial charge >= 0.3 is 6.18 Å². The maximum Gasteiger partial charge on any atom is 0.416 e. The minimum absolute atomic E-state index is 0.0950. The van der Waals surface area contributed by atoms with Crippen molar-refractivity contribution >= 4 is 27.3 Å². The van der Waals surface area contributed by atoms with E-state index in [4.69, 9.17) is 0 Å². The second-order valence-corrected chi connectivity index (χ2v) is 11.3. The van der Waals surface area contributed by atoms with Crippen LogP contribution in [-0.4, -0.2) is 34.5 Å². The van der Waals surface area contributed by atoms with Gasteiger partial charge in [-0.15, -0.1) is 0 Å². The number of carbonyl (C=O) groups is 1. The number of sulfonamides is 1. The van der Waals surface area contributed by atoms with Gasteiger partial charge in [0.2, 0.25) is 10.0 Å². The van der Waals surface area contributed by atoms with Gasteiger partial charge in [-0.2, -0.15) is 18.3 Å². The number of nitrogens with one attached hydrogen (secondary N) is 2. The zero-order chi connectivity index (χ0) is 28.8. The van der Waals surface area contributed by atoms with E-state index in [2.05, 4.69) is 20.1 Å². The minimum Gasteiger partial charge on any atom is -0.322 e. The number of fused-ring (bicyclic) bond motifs is 1. The van der Waals surface area contributed by atoms with E-state index >= 15 is 0 Å². The van der Waals surface area contributed by atoms with Gasteiger partial charge in [0.25, 0.3) is 12.3 Å². The number of alkyl halides is 5. The van der Waals surface area contributed by atoms with Gasteiger partial charge in [0.05, 0.1) is 22.3 Å². The van der Waals surface area contributed by atoms with E-state index in [0.29, 0.717) is 0 Å². The SMILES string of the molecule is CC(C)(C)NS(=O)(=O)c1cccc(NC(=O)c2cnn3c(C(F)F)cc(-c4ccc(C(F)(F)F)cc4)nc23)c1. The molecule has 0 atom stereocenters. The summed E-state index contributed by atoms with van der Waals surface area (Å²) in [5, 5.41) is 6.35. The van der Waals surface area contributed by atoms with Crippen LogP contribution in [0.2, 0.25) is 0 Å². The van der Waals surface area contributed by atoms with Crippen LogP contribution in [0.15, 0.2) is 65.7 Å². The molecule has 2 aromatic heterocycles. The van der Waals surface area contributed by atoms with Crippen molar-refractivity contribution < 1.29 is 35.2 Å². The van der Waals surface area contributed by atoms with Crippen molar-refractivity contribution in [2.45, 2.75) is 43.8 Å². The van der Waals surface area contributed by atoms with E-state index < -0.39 is 45.3 Å². The Bertz CT molecular complexity index is 1640. The summed E-state index contributed by atoms with van der Waals surface area (Å²) in [6, 6.07) is 10.2. The first kappa shape index (κ1) is 28.1. The molecule has 0 aliphatic rings. The predicted molar refractivity (Wildman–Crippen MR) is 133 cm³/mol. The van der Waals surface area contributed by atoms with Gasteiger partial charge in [-0.1, -0.05) is 18.2 Å². The molecule has 8 nitrogen and oxygen atoms in total. The van der Waals surface area contributed by atoms with E-state index in [0.717, 1.165) is 41.0 Å². The number of halogens is 5. The molecule has 206 valence electrons. The lowest BCUT2D eigenvalue weighted by atomic mass is 10.1. The topological polar surface area (TPSA) is 105 Å². The molecule has 4 rings (SSSR count). The molecule has 2 heterocycles. The van der Waals surface area contributed by atoms with Crippen molar-refractivity contribution in [1.82, 2.24) is 19.3 Å². The molecule has 0 saturated carbocycles. The average molecular weight is 568 g/mol. The van der Waals surface area contributed by atoms with Crippen molar-refractivity contribution in [1.29, 1.82) is 0 Å². The third kappa shape index (κ3) is 6.23. The van der Waals surface area contributed by atoms with Crippen LogP contribution >= 0.6 is 0 Å². The Balaban J connectivity index is 1.71. The lowest BCUT2D eigenvalue weighted by Crippen LogP contribution is -2.40. The lowest BCUT2D eigenvalue weighted by molar-refractivity contribution is -0.137. The van der Waals surface area contributed by atoms with Gasteiger partial charge in [-0.3, -0.25) is 4.79 Å². The molecule has 2 N–H and O–H groups in total. The third-order valence-corrected chi connectivity index (χ3v) is 7.07. The highest BCUT2D eigenvalue weighted by Crippen LogP contribution is 2.32. The van der Waals surface area contributed by atoms with Crippen molar-refractivity contribution in [2.75, 3.05) is 5.32 Å². The summed E-state index contributed by atoms with van der Waals surface area (Å²) in [6.45, 7) is 5.00. The Morgan fingerprint density at radius 3 is 2.26 bits per heavy atom. The maximum absolute atomic E-state index is 13.8. The Labute approximate surface area is 219 Å². The van der Waals surface area contributed by atoms with Crippen molar-refractivity contribution in [2.24, 2.45) is 0 Å². The van der Waals surface area contributed by atoms with E-state index in [1.807, 2.05) is 0 Å². The zero-order valence-electron chi connectivity index (χ0n) is 20.7. The molecule has 39 heavy (non-hydrogen) atoms. The highest BCUT2D eigenvalue weighted by Gasteiger charge is 2.30. The molecular formula is C25H22F5N5O3S. The van der Waals surface area contributed by atoms with Crippen LogP contribution in [0, 0.1) is 0 Å². The van der Waals surface area contributed by atoms with Crippen LogP contribution in [0.25, 0.3) is 16.9 Å². The third-order valence-electron chi connectivity index (χ3n) is 5.32. The van der Waals surface area contributed by atoms with Gasteiger partial charge < -0.3 is 5.32 Å². The number of aromatic nitrogens is 3. The molecule has 0 aliphatic heterocycles. The van der Waals surface area contributed by atoms with E-state index in [1.165, 1.54) is 24.3 Å². The Kier molecular flexibility index (Phi) is 7.21. The summed E-state index contributed by atoms with van der Waals surface area (Å²) in [7, 11) is -3.91. The number of nitrogens with zero attached hydrogens (tertiary/aromatic N) is 3. The molecule has 0 aliphatic carbocycles. The average Bonchev–Trinajstić information content (AvgIpc) is 3.26. The van der Waals surface area contributed by atoms with Crippen LogP contribution in [0.5, 0.6) is 0 Å². The summed E-state index contributed by atoms with van der Waals surface area (Å²) < 4.78 is 95.1. The quantitative estimate of drug-likeness (QED) is 0.292. The number of amides is 1. The summed E-state index contributed by atoms with van der Waals surface area (Å²) >= 11 is 0. The van der Waals surface area contributed by atoms with Crippen LogP contribution in [0.4, 0.5) is 27.6 Å². The fraction of sp³-hybridized carbons (Fsp3) is 0.240. The van der Waals surface area contributed by atoms with E-state index in [-0.39, 0.29) is 33.1 Å². The second-order valence-electron chi connectivity index (χ2n) is 9.57. The molecule has 0 bridgehead atoms. The Morgan fingerprint density at radius 2 is 1.67 bits per heavy atom. The van der Waals surface area contributed by atoms with Gasteiger partial charge in [0, 0.05) is 16.8 Å². The van der Waals surface area contributed by atoms with Crippen molar-refractivity contribution in [3.05, 3.63) is 77.6 Å². The molecule has 0 fully saturated rings. The molecule has 1 amide bonds. The van der Waals surface area contributed by atoms with E-state index in [1.54, 1.807) is 20.8 Å². The molecule has 0 saturated heterocycles. The van der Waals surface area contributed by atoms with Crippen LogP contribution in [0.1, 0.15) is 48.8 Å². The smallest absolute Gasteiger partial charge is 0.322 e. The second kappa shape index (κ2) is 10.0. The number of hydrogen-bond donors (Lipinski definition) is 2. The summed E-state index contributed by atoms with van der Waals surface area (Å²) in [5.41, 5.74) is -2.67. The highest BCUT2D eigenvalue weighted by molar-refractivity contribution is 7.89. The zero-order valence-corrected chi connectivity index (χ0v) is 21.5. The van der Waals surface area contributed by atoms with Crippen molar-refractivity contribution in [3.63, 3.8) is 0 Å². The number of hydrogen-bond acceptors (Lipinski definition) is 5. The molecule has 4 aromatic rings. The van der Waals surface area contributed by atoms with Gasteiger partial charge in [0.1, 0.15) is 11.3 Å². The van der Waals surface area contributed by atoms with Crippen LogP contribution in [0.3, 0.4) is 0 Å².